The van der Waals surface area contributed by atoms with Gasteiger partial charge in [0.05, 0.1) is 11.2 Å². The number of fused-ring (bicyclic) bond motifs is 1. The molecule has 0 spiro atoms. The van der Waals surface area contributed by atoms with E-state index in [0.29, 0.717) is 0 Å². The van der Waals surface area contributed by atoms with Crippen LogP contribution >= 0.6 is 0 Å². The molecule has 4 rings (SSSR count). The van der Waals surface area contributed by atoms with Crippen molar-refractivity contribution in [3.63, 3.8) is 0 Å². The molecular formula is C24H28FN3. The zero-order chi connectivity index (χ0) is 19.7. The normalized spacial score (nSPS) is 16.0. The van der Waals surface area contributed by atoms with Crippen molar-refractivity contribution < 1.29 is 4.39 Å². The molecule has 1 aliphatic heterocycles. The summed E-state index contributed by atoms with van der Waals surface area (Å²) in [5.41, 5.74) is 6.39. The number of hydrogen-bond acceptors (Lipinski definition) is 3. The molecule has 28 heavy (non-hydrogen) atoms. The van der Waals surface area contributed by atoms with Crippen LogP contribution in [0, 0.1) is 19.7 Å². The Balaban J connectivity index is 1.56. The molecule has 3 nitrogen and oxygen atoms in total. The summed E-state index contributed by atoms with van der Waals surface area (Å²) >= 11 is 0. The Morgan fingerprint density at radius 3 is 2.46 bits per heavy atom. The molecule has 3 aromatic rings. The van der Waals surface area contributed by atoms with E-state index in [-0.39, 0.29) is 5.82 Å². The molecule has 146 valence electrons. The number of aromatic nitrogens is 1. The van der Waals surface area contributed by atoms with Crippen LogP contribution in [0.3, 0.4) is 0 Å². The van der Waals surface area contributed by atoms with Gasteiger partial charge < -0.3 is 9.80 Å². The first-order valence-corrected chi connectivity index (χ1v) is 10.1. The molecule has 1 fully saturated rings. The van der Waals surface area contributed by atoms with Gasteiger partial charge in [0.2, 0.25) is 0 Å². The van der Waals surface area contributed by atoms with Gasteiger partial charge in [-0.05, 0) is 80.4 Å². The van der Waals surface area contributed by atoms with E-state index in [1.54, 1.807) is 6.07 Å². The Hall–Kier alpha value is -2.30. The first-order chi connectivity index (χ1) is 13.5. The van der Waals surface area contributed by atoms with Crippen LogP contribution in [0.4, 0.5) is 4.39 Å². The standard InChI is InChI=1S/C24H28FN3/c1-17-14-20(25)5-6-21(17)24-15-18(2)22-16-19(4-7-23(22)26-24)8-9-28-12-10-27(3)11-13-28/h4-7,14-16H,8-13H2,1-3H3. The molecule has 0 radical (unpaired) electrons. The van der Waals surface area contributed by atoms with Gasteiger partial charge in [0.25, 0.3) is 0 Å². The molecule has 2 aromatic carbocycles. The molecular weight excluding hydrogens is 349 g/mol. The van der Waals surface area contributed by atoms with E-state index in [0.717, 1.165) is 61.5 Å². The molecule has 4 heteroatoms. The predicted octanol–water partition coefficient (Wildman–Crippen LogP) is 4.45. The number of halogens is 1. The van der Waals surface area contributed by atoms with Crippen molar-refractivity contribution in [2.45, 2.75) is 20.3 Å². The van der Waals surface area contributed by atoms with Gasteiger partial charge >= 0.3 is 0 Å². The monoisotopic (exact) mass is 377 g/mol. The summed E-state index contributed by atoms with van der Waals surface area (Å²) in [6.07, 6.45) is 1.07. The van der Waals surface area contributed by atoms with E-state index in [4.69, 9.17) is 4.98 Å². The smallest absolute Gasteiger partial charge is 0.123 e. The van der Waals surface area contributed by atoms with Gasteiger partial charge in [-0.25, -0.2) is 9.37 Å². The van der Waals surface area contributed by atoms with Crippen LogP contribution in [-0.2, 0) is 6.42 Å². The van der Waals surface area contributed by atoms with Crippen LogP contribution in [0.15, 0.2) is 42.5 Å². The lowest BCUT2D eigenvalue weighted by molar-refractivity contribution is 0.155. The molecule has 0 N–H and O–H groups in total. The fraction of sp³-hybridized carbons (Fsp3) is 0.375. The Morgan fingerprint density at radius 2 is 1.71 bits per heavy atom. The van der Waals surface area contributed by atoms with E-state index in [9.17, 15) is 4.39 Å². The van der Waals surface area contributed by atoms with Crippen molar-refractivity contribution in [2.75, 3.05) is 39.8 Å². The molecule has 1 aliphatic rings. The first kappa shape index (κ1) is 19.0. The fourth-order valence-electron chi connectivity index (χ4n) is 4.01. The Morgan fingerprint density at radius 1 is 0.929 bits per heavy atom. The zero-order valence-electron chi connectivity index (χ0n) is 17.0. The predicted molar refractivity (Wildman–Crippen MR) is 114 cm³/mol. The van der Waals surface area contributed by atoms with Gasteiger partial charge in [0, 0.05) is 43.7 Å². The van der Waals surface area contributed by atoms with E-state index in [1.807, 2.05) is 13.0 Å². The SMILES string of the molecule is Cc1cc(F)ccc1-c1cc(C)c2cc(CCN3CCN(C)CC3)ccc2n1. The van der Waals surface area contributed by atoms with Crippen LogP contribution in [0.25, 0.3) is 22.2 Å². The summed E-state index contributed by atoms with van der Waals surface area (Å²) in [7, 11) is 2.19. The summed E-state index contributed by atoms with van der Waals surface area (Å²) in [6, 6.07) is 13.6. The lowest BCUT2D eigenvalue weighted by atomic mass is 10.00. The summed E-state index contributed by atoms with van der Waals surface area (Å²) < 4.78 is 13.4. The first-order valence-electron chi connectivity index (χ1n) is 10.1. The van der Waals surface area contributed by atoms with E-state index < -0.39 is 0 Å². The molecule has 1 saturated heterocycles. The number of piperazine rings is 1. The average molecular weight is 378 g/mol. The average Bonchev–Trinajstić information content (AvgIpc) is 2.67. The van der Waals surface area contributed by atoms with E-state index >= 15 is 0 Å². The van der Waals surface area contributed by atoms with Crippen molar-refractivity contribution in [2.24, 2.45) is 0 Å². The second-order valence-electron chi connectivity index (χ2n) is 8.03. The van der Waals surface area contributed by atoms with Crippen molar-refractivity contribution >= 4 is 10.9 Å². The minimum absolute atomic E-state index is 0.205. The van der Waals surface area contributed by atoms with Crippen LogP contribution in [0.2, 0.25) is 0 Å². The maximum absolute atomic E-state index is 13.4. The fourth-order valence-corrected chi connectivity index (χ4v) is 4.01. The molecule has 0 atom stereocenters. The number of aryl methyl sites for hydroxylation is 2. The Kier molecular flexibility index (Phi) is 5.42. The lowest BCUT2D eigenvalue weighted by Crippen LogP contribution is -2.45. The van der Waals surface area contributed by atoms with Crippen LogP contribution in [-0.4, -0.2) is 54.6 Å². The van der Waals surface area contributed by atoms with Crippen molar-refractivity contribution in [1.29, 1.82) is 0 Å². The highest BCUT2D eigenvalue weighted by molar-refractivity contribution is 5.86. The van der Waals surface area contributed by atoms with Crippen LogP contribution in [0.5, 0.6) is 0 Å². The zero-order valence-corrected chi connectivity index (χ0v) is 17.0. The number of hydrogen-bond donors (Lipinski definition) is 0. The topological polar surface area (TPSA) is 19.4 Å². The second-order valence-corrected chi connectivity index (χ2v) is 8.03. The van der Waals surface area contributed by atoms with E-state index in [1.165, 1.54) is 22.6 Å². The largest absolute Gasteiger partial charge is 0.304 e. The van der Waals surface area contributed by atoms with Crippen molar-refractivity contribution in [3.8, 4) is 11.3 Å². The van der Waals surface area contributed by atoms with Gasteiger partial charge in [-0.15, -0.1) is 0 Å². The maximum Gasteiger partial charge on any atom is 0.123 e. The van der Waals surface area contributed by atoms with Crippen molar-refractivity contribution in [1.82, 2.24) is 14.8 Å². The van der Waals surface area contributed by atoms with Crippen LogP contribution < -0.4 is 0 Å². The lowest BCUT2D eigenvalue weighted by Gasteiger charge is -2.32. The second kappa shape index (κ2) is 7.98. The van der Waals surface area contributed by atoms with Crippen LogP contribution in [0.1, 0.15) is 16.7 Å². The molecule has 0 aliphatic carbocycles. The molecule has 0 amide bonds. The Bertz CT molecular complexity index is 991. The summed E-state index contributed by atoms with van der Waals surface area (Å²) in [6.45, 7) is 9.81. The van der Waals surface area contributed by atoms with E-state index in [2.05, 4.69) is 48.0 Å². The Labute approximate surface area is 166 Å². The molecule has 0 unspecified atom stereocenters. The van der Waals surface area contributed by atoms with Crippen molar-refractivity contribution in [3.05, 3.63) is 65.0 Å². The quantitative estimate of drug-likeness (QED) is 0.670. The number of rotatable bonds is 4. The maximum atomic E-state index is 13.4. The molecule has 1 aromatic heterocycles. The molecule has 2 heterocycles. The third kappa shape index (κ3) is 4.08. The summed E-state index contributed by atoms with van der Waals surface area (Å²) in [4.78, 5) is 9.80. The van der Waals surface area contributed by atoms with Gasteiger partial charge in [-0.1, -0.05) is 6.07 Å². The highest BCUT2D eigenvalue weighted by atomic mass is 19.1. The number of likely N-dealkylation sites (N-methyl/N-ethyl adjacent to an activating group) is 1. The molecule has 0 saturated carbocycles. The third-order valence-corrected chi connectivity index (χ3v) is 5.86. The summed E-state index contributed by atoms with van der Waals surface area (Å²) in [5, 5.41) is 1.21. The minimum atomic E-state index is -0.205. The third-order valence-electron chi connectivity index (χ3n) is 5.86. The van der Waals surface area contributed by atoms with Gasteiger partial charge in [-0.3, -0.25) is 0 Å². The number of benzene rings is 2. The minimum Gasteiger partial charge on any atom is -0.304 e. The van der Waals surface area contributed by atoms with Gasteiger partial charge in [0.15, 0.2) is 0 Å². The van der Waals surface area contributed by atoms with Gasteiger partial charge in [-0.2, -0.15) is 0 Å². The number of pyridine rings is 1. The van der Waals surface area contributed by atoms with Gasteiger partial charge in [0.1, 0.15) is 5.82 Å². The summed E-state index contributed by atoms with van der Waals surface area (Å²) in [5.74, 6) is -0.205. The highest BCUT2D eigenvalue weighted by Gasteiger charge is 2.14. The highest BCUT2D eigenvalue weighted by Crippen LogP contribution is 2.28. The molecule has 0 bridgehead atoms. The number of nitrogens with zero attached hydrogens (tertiary/aromatic N) is 3.